The van der Waals surface area contributed by atoms with Gasteiger partial charge in [0.05, 0.1) is 28.2 Å². The number of benzene rings is 2. The third kappa shape index (κ3) is 6.11. The Hall–Kier alpha value is -3.23. The molecule has 2 fully saturated rings. The van der Waals surface area contributed by atoms with Crippen molar-refractivity contribution >= 4 is 50.8 Å². The lowest BCUT2D eigenvalue weighted by molar-refractivity contribution is -0.147. The number of halogens is 1. The Kier molecular flexibility index (Phi) is 8.37. The van der Waals surface area contributed by atoms with Gasteiger partial charge in [0.1, 0.15) is 6.10 Å². The molecule has 2 aliphatic heterocycles. The number of hydrogen-bond acceptors (Lipinski definition) is 6. The van der Waals surface area contributed by atoms with Crippen LogP contribution in [0, 0.1) is 17.3 Å². The molecule has 0 unspecified atom stereocenters. The summed E-state index contributed by atoms with van der Waals surface area (Å²) in [6.45, 7) is 0.264. The minimum Gasteiger partial charge on any atom is -0.481 e. The number of allylic oxidation sites excluding steroid dienone is 2. The molecule has 220 valence electrons. The van der Waals surface area contributed by atoms with Crippen LogP contribution >= 0.6 is 22.9 Å². The van der Waals surface area contributed by atoms with Crippen molar-refractivity contribution in [3.8, 4) is 5.19 Å². The van der Waals surface area contributed by atoms with Crippen LogP contribution in [0.25, 0.3) is 10.2 Å². The fourth-order valence-corrected chi connectivity index (χ4v) is 7.73. The van der Waals surface area contributed by atoms with Crippen molar-refractivity contribution in [2.45, 2.75) is 69.9 Å². The maximum absolute atomic E-state index is 14.3. The van der Waals surface area contributed by atoms with Crippen LogP contribution in [-0.2, 0) is 20.8 Å². The molecule has 1 aromatic heterocycles. The summed E-state index contributed by atoms with van der Waals surface area (Å²) in [6.07, 6.45) is 9.44. The zero-order valence-corrected chi connectivity index (χ0v) is 25.0. The van der Waals surface area contributed by atoms with Gasteiger partial charge < -0.3 is 14.7 Å². The second kappa shape index (κ2) is 12.2. The predicted octanol–water partition coefficient (Wildman–Crippen LogP) is 6.73. The van der Waals surface area contributed by atoms with Crippen LogP contribution in [0.2, 0.25) is 5.02 Å². The van der Waals surface area contributed by atoms with Crippen molar-refractivity contribution in [1.29, 1.82) is 0 Å². The van der Waals surface area contributed by atoms with E-state index in [0.29, 0.717) is 29.5 Å². The second-order valence-corrected chi connectivity index (χ2v) is 13.4. The quantitative estimate of drug-likeness (QED) is 0.324. The summed E-state index contributed by atoms with van der Waals surface area (Å²) in [5, 5.41) is 11.2. The first-order valence-electron chi connectivity index (χ1n) is 14.8. The number of ether oxygens (including phenoxy) is 1. The van der Waals surface area contributed by atoms with Crippen LogP contribution in [0.4, 0.5) is 0 Å². The van der Waals surface area contributed by atoms with E-state index in [9.17, 15) is 19.5 Å². The van der Waals surface area contributed by atoms with Crippen molar-refractivity contribution in [2.75, 3.05) is 6.54 Å². The summed E-state index contributed by atoms with van der Waals surface area (Å²) in [5.41, 5.74) is 0.779. The maximum atomic E-state index is 14.3. The number of aliphatic carboxylic acids is 1. The Morgan fingerprint density at radius 2 is 1.98 bits per heavy atom. The fraction of sp³-hybridized carbons (Fsp3) is 0.455. The van der Waals surface area contributed by atoms with Crippen LogP contribution in [0.1, 0.15) is 56.9 Å². The van der Waals surface area contributed by atoms with Crippen molar-refractivity contribution in [3.05, 3.63) is 71.3 Å². The molecule has 1 aliphatic carbocycles. The van der Waals surface area contributed by atoms with Gasteiger partial charge in [0.25, 0.3) is 5.19 Å². The Morgan fingerprint density at radius 3 is 2.79 bits per heavy atom. The second-order valence-electron chi connectivity index (χ2n) is 11.9. The third-order valence-corrected chi connectivity index (χ3v) is 10.2. The average molecular weight is 607 g/mol. The van der Waals surface area contributed by atoms with E-state index in [-0.39, 0.29) is 36.5 Å². The van der Waals surface area contributed by atoms with E-state index in [0.717, 1.165) is 47.9 Å². The van der Waals surface area contributed by atoms with Crippen LogP contribution in [0.3, 0.4) is 0 Å². The number of carboxylic acids is 1. The van der Waals surface area contributed by atoms with Gasteiger partial charge in [0, 0.05) is 23.8 Å². The summed E-state index contributed by atoms with van der Waals surface area (Å²) in [7, 11) is 0. The summed E-state index contributed by atoms with van der Waals surface area (Å²) in [4.78, 5) is 46.8. The molecule has 3 heterocycles. The number of thiazole rings is 1. The molecule has 9 heteroatoms. The number of carbonyl (C=O) groups is 3. The molecule has 1 saturated carbocycles. The van der Waals surface area contributed by atoms with Crippen molar-refractivity contribution < 1.29 is 24.2 Å². The lowest BCUT2D eigenvalue weighted by Crippen LogP contribution is -2.45. The maximum Gasteiger partial charge on any atom is 0.310 e. The van der Waals surface area contributed by atoms with E-state index in [1.54, 1.807) is 11.0 Å². The van der Waals surface area contributed by atoms with Gasteiger partial charge in [-0.05, 0) is 61.8 Å². The van der Waals surface area contributed by atoms with Gasteiger partial charge in [-0.2, -0.15) is 0 Å². The van der Waals surface area contributed by atoms with Crippen LogP contribution in [0.15, 0.2) is 60.7 Å². The molecular formula is C33H35ClN2O5S. The van der Waals surface area contributed by atoms with Gasteiger partial charge in [-0.3, -0.25) is 14.4 Å². The number of Topliss-reactive ketones (excluding diaryl/α,β-unsaturated/α-hetero) is 1. The molecule has 0 bridgehead atoms. The highest BCUT2D eigenvalue weighted by atomic mass is 35.5. The Labute approximate surface area is 254 Å². The van der Waals surface area contributed by atoms with E-state index in [1.165, 1.54) is 11.3 Å². The van der Waals surface area contributed by atoms with E-state index < -0.39 is 23.5 Å². The van der Waals surface area contributed by atoms with Gasteiger partial charge in [0.2, 0.25) is 5.91 Å². The van der Waals surface area contributed by atoms with E-state index in [1.807, 2.05) is 48.5 Å². The number of hydrogen-bond donors (Lipinski definition) is 1. The van der Waals surface area contributed by atoms with Crippen LogP contribution < -0.4 is 4.74 Å². The lowest BCUT2D eigenvalue weighted by atomic mass is 9.90. The largest absolute Gasteiger partial charge is 0.481 e. The van der Waals surface area contributed by atoms with Gasteiger partial charge in [-0.25, -0.2) is 4.98 Å². The molecule has 7 nitrogen and oxygen atoms in total. The van der Waals surface area contributed by atoms with E-state index in [4.69, 9.17) is 16.3 Å². The standard InChI is InChI=1S/C33H35ClN2O5S/c34-24-13-14-26-29(16-24)42-32(35-26)41-25-17-27-28(37)19-33(31(39)40)18-23(33)12-8-3-1-2-7-11-22(30(38)36(27)20-25)15-21-9-5-4-6-10-21/h4-6,8-10,12-14,16,22-23,25,27H,1-3,7,11,15,17-20H2,(H,39,40)/b12-8-/t22-,23-,25-,27+,33-/m1/s1. The molecule has 2 aromatic carbocycles. The number of nitrogens with zero attached hydrogens (tertiary/aromatic N) is 2. The lowest BCUT2D eigenvalue weighted by Gasteiger charge is -2.29. The highest BCUT2D eigenvalue weighted by Gasteiger charge is 2.61. The Morgan fingerprint density at radius 1 is 1.14 bits per heavy atom. The number of rotatable bonds is 5. The molecule has 6 rings (SSSR count). The molecule has 3 aliphatic rings. The van der Waals surface area contributed by atoms with Crippen LogP contribution in [0.5, 0.6) is 5.19 Å². The number of carbonyl (C=O) groups excluding carboxylic acids is 2. The number of fused-ring (bicyclic) bond motifs is 3. The number of aromatic nitrogens is 1. The van der Waals surface area contributed by atoms with Gasteiger partial charge in [0.15, 0.2) is 5.78 Å². The molecule has 1 amide bonds. The normalized spacial score (nSPS) is 29.3. The van der Waals surface area contributed by atoms with Crippen molar-refractivity contribution in [2.24, 2.45) is 17.3 Å². The number of carboxylic acid groups (broad SMARTS) is 1. The highest BCUT2D eigenvalue weighted by molar-refractivity contribution is 7.20. The Bertz CT molecular complexity index is 1510. The minimum atomic E-state index is -1.09. The zero-order chi connectivity index (χ0) is 29.3. The fourth-order valence-electron chi connectivity index (χ4n) is 6.58. The summed E-state index contributed by atoms with van der Waals surface area (Å²) in [6, 6.07) is 14.7. The summed E-state index contributed by atoms with van der Waals surface area (Å²) >= 11 is 7.54. The van der Waals surface area contributed by atoms with Gasteiger partial charge >= 0.3 is 5.97 Å². The third-order valence-electron chi connectivity index (χ3n) is 9.03. The highest BCUT2D eigenvalue weighted by Crippen LogP contribution is 2.57. The first kappa shape index (κ1) is 28.9. The summed E-state index contributed by atoms with van der Waals surface area (Å²) < 4.78 is 7.19. The van der Waals surface area contributed by atoms with Crippen molar-refractivity contribution in [1.82, 2.24) is 9.88 Å². The van der Waals surface area contributed by atoms with Gasteiger partial charge in [-0.15, -0.1) is 0 Å². The van der Waals surface area contributed by atoms with Gasteiger partial charge in [-0.1, -0.05) is 78.3 Å². The molecule has 0 radical (unpaired) electrons. The topological polar surface area (TPSA) is 96.8 Å². The first-order chi connectivity index (χ1) is 20.3. The number of ketones is 1. The molecular weight excluding hydrogens is 572 g/mol. The average Bonchev–Trinajstić information content (AvgIpc) is 3.29. The monoisotopic (exact) mass is 606 g/mol. The molecule has 0 spiro atoms. The molecule has 42 heavy (non-hydrogen) atoms. The molecule has 3 aromatic rings. The zero-order valence-electron chi connectivity index (χ0n) is 23.4. The predicted molar refractivity (Wildman–Crippen MR) is 163 cm³/mol. The number of amides is 1. The Balaban J connectivity index is 1.28. The van der Waals surface area contributed by atoms with Crippen LogP contribution in [-0.4, -0.2) is 51.3 Å². The molecule has 5 atom stereocenters. The van der Waals surface area contributed by atoms with E-state index in [2.05, 4.69) is 11.1 Å². The smallest absolute Gasteiger partial charge is 0.310 e. The minimum absolute atomic E-state index is 0.0518. The first-order valence-corrected chi connectivity index (χ1v) is 16.0. The van der Waals surface area contributed by atoms with E-state index >= 15 is 0 Å². The van der Waals surface area contributed by atoms with Crippen molar-refractivity contribution in [3.63, 3.8) is 0 Å². The molecule has 1 saturated heterocycles. The summed E-state index contributed by atoms with van der Waals surface area (Å²) in [5.74, 6) is -1.61. The molecule has 1 N–H and O–H groups in total. The SMILES string of the molecule is O=C1C[C@]2(C(=O)O)C[C@H]2/C=C\CCCCC[C@H](Cc2ccccc2)C(=O)N2C[C@H](Oc3nc4ccc(Cl)cc4s3)C[C@@H]12.